The predicted octanol–water partition coefficient (Wildman–Crippen LogP) is 2.60. The molecule has 2 N–H and O–H groups in total. The summed E-state index contributed by atoms with van der Waals surface area (Å²) in [5, 5.41) is 9.23. The fourth-order valence-corrected chi connectivity index (χ4v) is 5.31. The van der Waals surface area contributed by atoms with Gasteiger partial charge in [0.2, 0.25) is 10.0 Å². The van der Waals surface area contributed by atoms with Crippen molar-refractivity contribution in [2.75, 3.05) is 6.26 Å². The fraction of sp³-hybridized carbons (Fsp3) is 0.462. The van der Waals surface area contributed by atoms with Crippen molar-refractivity contribution in [3.63, 3.8) is 0 Å². The Morgan fingerprint density at radius 1 is 1.43 bits per heavy atom. The minimum atomic E-state index is -3.83. The average Bonchev–Trinajstić information content (AvgIpc) is 2.85. The molecule has 2 unspecified atom stereocenters. The van der Waals surface area contributed by atoms with Crippen molar-refractivity contribution < 1.29 is 18.3 Å². The molecule has 2 rings (SSSR count). The van der Waals surface area contributed by atoms with Gasteiger partial charge in [0, 0.05) is 11.3 Å². The molecule has 0 radical (unpaired) electrons. The minimum absolute atomic E-state index is 0.0196. The van der Waals surface area contributed by atoms with E-state index in [1.807, 2.05) is 6.26 Å². The Kier molecular flexibility index (Phi) is 5.19. The summed E-state index contributed by atoms with van der Waals surface area (Å²) in [5.41, 5.74) is -0.104. The monoisotopic (exact) mass is 349 g/mol. The standard InChI is InChI=1S/C13H16ClNO4S2/c1-20-11-4-2-3-10(11)15-21(18,19)12-7-8(13(16)17)5-6-9(12)14/h5-7,10-11,15H,2-4H2,1H3,(H,16,17). The van der Waals surface area contributed by atoms with E-state index in [-0.39, 0.29) is 26.8 Å². The molecule has 1 fully saturated rings. The number of carboxylic acids is 1. The van der Waals surface area contributed by atoms with Crippen molar-refractivity contribution in [3.05, 3.63) is 28.8 Å². The van der Waals surface area contributed by atoms with Gasteiger partial charge < -0.3 is 5.11 Å². The van der Waals surface area contributed by atoms with Crippen LogP contribution in [0.2, 0.25) is 5.02 Å². The predicted molar refractivity (Wildman–Crippen MR) is 83.7 cm³/mol. The molecule has 0 saturated heterocycles. The highest BCUT2D eigenvalue weighted by Gasteiger charge is 2.31. The van der Waals surface area contributed by atoms with E-state index in [1.54, 1.807) is 11.8 Å². The van der Waals surface area contributed by atoms with Crippen molar-refractivity contribution in [1.29, 1.82) is 0 Å². The Bertz CT molecular complexity index is 648. The number of sulfonamides is 1. The van der Waals surface area contributed by atoms with Crippen molar-refractivity contribution in [2.45, 2.75) is 35.4 Å². The third kappa shape index (κ3) is 3.71. The zero-order chi connectivity index (χ0) is 15.6. The normalized spacial score (nSPS) is 22.4. The van der Waals surface area contributed by atoms with Gasteiger partial charge in [0.05, 0.1) is 10.6 Å². The molecule has 21 heavy (non-hydrogen) atoms. The molecular weight excluding hydrogens is 334 g/mol. The first-order valence-electron chi connectivity index (χ1n) is 6.43. The maximum Gasteiger partial charge on any atom is 0.335 e. The molecule has 1 aromatic rings. The Morgan fingerprint density at radius 2 is 2.14 bits per heavy atom. The summed E-state index contributed by atoms with van der Waals surface area (Å²) in [4.78, 5) is 10.8. The van der Waals surface area contributed by atoms with Gasteiger partial charge in [-0.25, -0.2) is 17.9 Å². The van der Waals surface area contributed by atoms with Crippen LogP contribution in [0.1, 0.15) is 29.6 Å². The van der Waals surface area contributed by atoms with Crippen LogP contribution in [0.25, 0.3) is 0 Å². The summed E-state index contributed by atoms with van der Waals surface area (Å²) in [6, 6.07) is 3.52. The van der Waals surface area contributed by atoms with Crippen LogP contribution < -0.4 is 4.72 Å². The van der Waals surface area contributed by atoms with E-state index in [0.29, 0.717) is 0 Å². The second-order valence-electron chi connectivity index (χ2n) is 4.88. The van der Waals surface area contributed by atoms with Crippen molar-refractivity contribution in [3.8, 4) is 0 Å². The van der Waals surface area contributed by atoms with E-state index >= 15 is 0 Å². The number of hydrogen-bond donors (Lipinski definition) is 2. The maximum absolute atomic E-state index is 12.4. The lowest BCUT2D eigenvalue weighted by Crippen LogP contribution is -2.38. The van der Waals surface area contributed by atoms with Gasteiger partial charge in [-0.05, 0) is 37.3 Å². The fourth-order valence-electron chi connectivity index (χ4n) is 2.45. The van der Waals surface area contributed by atoms with Crippen LogP contribution >= 0.6 is 23.4 Å². The quantitative estimate of drug-likeness (QED) is 0.853. The molecule has 5 nitrogen and oxygen atoms in total. The largest absolute Gasteiger partial charge is 0.478 e. The van der Waals surface area contributed by atoms with Crippen molar-refractivity contribution in [2.24, 2.45) is 0 Å². The van der Waals surface area contributed by atoms with Crippen LogP contribution in [0.4, 0.5) is 0 Å². The van der Waals surface area contributed by atoms with Crippen LogP contribution in [-0.2, 0) is 10.0 Å². The summed E-state index contributed by atoms with van der Waals surface area (Å²) in [5.74, 6) is -1.19. The van der Waals surface area contributed by atoms with Gasteiger partial charge in [-0.2, -0.15) is 11.8 Å². The SMILES string of the molecule is CSC1CCCC1NS(=O)(=O)c1cc(C(=O)O)ccc1Cl. The molecule has 116 valence electrons. The van der Waals surface area contributed by atoms with Crippen LogP contribution in [0.3, 0.4) is 0 Å². The first kappa shape index (κ1) is 16.6. The van der Waals surface area contributed by atoms with Gasteiger partial charge in [0.1, 0.15) is 4.90 Å². The smallest absolute Gasteiger partial charge is 0.335 e. The second-order valence-corrected chi connectivity index (χ2v) is 8.05. The number of carbonyl (C=O) groups is 1. The van der Waals surface area contributed by atoms with E-state index in [9.17, 15) is 13.2 Å². The maximum atomic E-state index is 12.4. The molecule has 1 saturated carbocycles. The van der Waals surface area contributed by atoms with Crippen molar-refractivity contribution in [1.82, 2.24) is 4.72 Å². The third-order valence-corrected chi connectivity index (χ3v) is 6.67. The van der Waals surface area contributed by atoms with E-state index in [4.69, 9.17) is 16.7 Å². The lowest BCUT2D eigenvalue weighted by atomic mass is 10.2. The molecule has 0 spiro atoms. The summed E-state index contributed by atoms with van der Waals surface area (Å²) < 4.78 is 27.5. The van der Waals surface area contributed by atoms with Crippen LogP contribution in [0.15, 0.2) is 23.1 Å². The Balaban J connectivity index is 2.31. The Labute approximate surface area is 133 Å². The van der Waals surface area contributed by atoms with E-state index in [2.05, 4.69) is 4.72 Å². The summed E-state index contributed by atoms with van der Waals surface area (Å²) in [7, 11) is -3.83. The van der Waals surface area contributed by atoms with E-state index in [1.165, 1.54) is 12.1 Å². The van der Waals surface area contributed by atoms with Gasteiger partial charge >= 0.3 is 5.97 Å². The lowest BCUT2D eigenvalue weighted by molar-refractivity contribution is 0.0696. The van der Waals surface area contributed by atoms with Gasteiger partial charge in [0.25, 0.3) is 0 Å². The van der Waals surface area contributed by atoms with Gasteiger partial charge in [-0.15, -0.1) is 0 Å². The summed E-state index contributed by atoms with van der Waals surface area (Å²) in [6.45, 7) is 0. The Hall–Kier alpha value is -0.760. The number of rotatable bonds is 5. The number of thioether (sulfide) groups is 1. The number of hydrogen-bond acceptors (Lipinski definition) is 4. The highest BCUT2D eigenvalue weighted by atomic mass is 35.5. The summed E-state index contributed by atoms with van der Waals surface area (Å²) in [6.07, 6.45) is 4.68. The number of carboxylic acid groups (broad SMARTS) is 1. The van der Waals surface area contributed by atoms with Gasteiger partial charge in [-0.1, -0.05) is 18.0 Å². The molecule has 1 aliphatic carbocycles. The first-order valence-corrected chi connectivity index (χ1v) is 9.58. The molecule has 0 aliphatic heterocycles. The molecule has 2 atom stereocenters. The molecule has 0 heterocycles. The molecule has 0 bridgehead atoms. The molecular formula is C13H16ClNO4S2. The zero-order valence-electron chi connectivity index (χ0n) is 11.4. The topological polar surface area (TPSA) is 83.5 Å². The van der Waals surface area contributed by atoms with E-state index in [0.717, 1.165) is 25.3 Å². The number of aromatic carboxylic acids is 1. The molecule has 1 aromatic carbocycles. The first-order chi connectivity index (χ1) is 9.85. The van der Waals surface area contributed by atoms with Crippen LogP contribution in [0.5, 0.6) is 0 Å². The number of halogens is 1. The van der Waals surface area contributed by atoms with E-state index < -0.39 is 16.0 Å². The second kappa shape index (κ2) is 6.56. The highest BCUT2D eigenvalue weighted by molar-refractivity contribution is 7.99. The summed E-state index contributed by atoms with van der Waals surface area (Å²) >= 11 is 7.56. The van der Waals surface area contributed by atoms with Crippen LogP contribution in [0, 0.1) is 0 Å². The number of nitrogens with one attached hydrogen (secondary N) is 1. The highest BCUT2D eigenvalue weighted by Crippen LogP contribution is 2.30. The minimum Gasteiger partial charge on any atom is -0.478 e. The van der Waals surface area contributed by atoms with Crippen LogP contribution in [-0.4, -0.2) is 37.0 Å². The molecule has 0 aromatic heterocycles. The van der Waals surface area contributed by atoms with Gasteiger partial charge in [-0.3, -0.25) is 0 Å². The third-order valence-electron chi connectivity index (χ3n) is 3.53. The molecule has 8 heteroatoms. The lowest BCUT2D eigenvalue weighted by Gasteiger charge is -2.19. The van der Waals surface area contributed by atoms with Crippen molar-refractivity contribution >= 4 is 39.4 Å². The molecule has 1 aliphatic rings. The Morgan fingerprint density at radius 3 is 2.76 bits per heavy atom. The number of benzene rings is 1. The average molecular weight is 350 g/mol. The zero-order valence-corrected chi connectivity index (χ0v) is 13.8. The molecule has 0 amide bonds. The van der Waals surface area contributed by atoms with Gasteiger partial charge in [0.15, 0.2) is 0 Å².